The van der Waals surface area contributed by atoms with Crippen molar-refractivity contribution in [2.45, 2.75) is 25.5 Å². The van der Waals surface area contributed by atoms with Gasteiger partial charge in [-0.05, 0) is 22.8 Å². The van der Waals surface area contributed by atoms with Crippen LogP contribution in [0.15, 0.2) is 42.5 Å². The fourth-order valence-electron chi connectivity index (χ4n) is 2.00. The summed E-state index contributed by atoms with van der Waals surface area (Å²) < 4.78 is 0. The number of rotatable bonds is 3. The van der Waals surface area contributed by atoms with Gasteiger partial charge in [-0.1, -0.05) is 49.4 Å². The minimum absolute atomic E-state index is 0. The third-order valence-electron chi connectivity index (χ3n) is 3.02. The predicted molar refractivity (Wildman–Crippen MR) is 74.4 cm³/mol. The van der Waals surface area contributed by atoms with Crippen molar-refractivity contribution in [3.63, 3.8) is 0 Å². The normalized spacial score (nSPS) is 14.1. The summed E-state index contributed by atoms with van der Waals surface area (Å²) in [6, 6.07) is 13.8. The van der Waals surface area contributed by atoms with Gasteiger partial charge in [0, 0.05) is 0 Å². The molecule has 0 radical (unpaired) electrons. The lowest BCUT2D eigenvalue weighted by molar-refractivity contribution is 0.141. The molecule has 0 aromatic heterocycles. The minimum atomic E-state index is -0.481. The van der Waals surface area contributed by atoms with Gasteiger partial charge in [0.1, 0.15) is 0 Å². The highest BCUT2D eigenvalue weighted by Crippen LogP contribution is 2.25. The first-order chi connectivity index (χ1) is 7.74. The highest BCUT2D eigenvalue weighted by atomic mass is 35.5. The van der Waals surface area contributed by atoms with Crippen LogP contribution in [-0.2, 0) is 0 Å². The molecule has 0 spiro atoms. The molecule has 2 atom stereocenters. The summed E-state index contributed by atoms with van der Waals surface area (Å²) in [5.41, 5.74) is 7.09. The Hall–Kier alpha value is -1.09. The molecule has 0 aliphatic heterocycles. The second kappa shape index (κ2) is 6.01. The van der Waals surface area contributed by atoms with Crippen LogP contribution in [0.4, 0.5) is 0 Å². The van der Waals surface area contributed by atoms with Gasteiger partial charge in [-0.15, -0.1) is 12.4 Å². The SMILES string of the molecule is CC[C@H](O)[C@H](N)c1cccc2ccccc12.Cl. The van der Waals surface area contributed by atoms with Crippen LogP contribution in [0.3, 0.4) is 0 Å². The van der Waals surface area contributed by atoms with E-state index in [0.717, 1.165) is 10.9 Å². The van der Waals surface area contributed by atoms with Crippen molar-refractivity contribution in [3.05, 3.63) is 48.0 Å². The van der Waals surface area contributed by atoms with E-state index in [-0.39, 0.29) is 18.4 Å². The smallest absolute Gasteiger partial charge is 0.0730 e. The predicted octanol–water partition coefficient (Wildman–Crippen LogP) is 3.03. The van der Waals surface area contributed by atoms with Crippen molar-refractivity contribution in [2.24, 2.45) is 5.73 Å². The Bertz CT molecular complexity index is 481. The number of nitrogens with two attached hydrogens (primary N) is 1. The van der Waals surface area contributed by atoms with Crippen molar-refractivity contribution < 1.29 is 5.11 Å². The first-order valence-corrected chi connectivity index (χ1v) is 5.65. The van der Waals surface area contributed by atoms with Gasteiger partial charge >= 0.3 is 0 Å². The molecule has 2 rings (SSSR count). The molecule has 2 aromatic carbocycles. The van der Waals surface area contributed by atoms with Crippen molar-refractivity contribution in [2.75, 3.05) is 0 Å². The van der Waals surface area contributed by atoms with Crippen molar-refractivity contribution in [1.82, 2.24) is 0 Å². The molecule has 0 unspecified atom stereocenters. The second-order valence-electron chi connectivity index (χ2n) is 4.07. The summed E-state index contributed by atoms with van der Waals surface area (Å²) in [6.07, 6.45) is 0.190. The molecule has 0 heterocycles. The van der Waals surface area contributed by atoms with Crippen LogP contribution < -0.4 is 5.73 Å². The minimum Gasteiger partial charge on any atom is -0.391 e. The van der Waals surface area contributed by atoms with E-state index in [1.165, 1.54) is 5.39 Å². The Morgan fingerprint density at radius 3 is 2.47 bits per heavy atom. The molecular weight excluding hydrogens is 234 g/mol. The van der Waals surface area contributed by atoms with Gasteiger partial charge in [0.2, 0.25) is 0 Å². The highest BCUT2D eigenvalue weighted by molar-refractivity contribution is 5.86. The zero-order valence-corrected chi connectivity index (χ0v) is 10.7. The van der Waals surface area contributed by atoms with Gasteiger partial charge in [0.25, 0.3) is 0 Å². The van der Waals surface area contributed by atoms with Crippen LogP contribution in [0.1, 0.15) is 24.9 Å². The first-order valence-electron chi connectivity index (χ1n) is 5.65. The average Bonchev–Trinajstić information content (AvgIpc) is 2.36. The lowest BCUT2D eigenvalue weighted by Crippen LogP contribution is -2.25. The second-order valence-corrected chi connectivity index (χ2v) is 4.07. The van der Waals surface area contributed by atoms with Crippen molar-refractivity contribution >= 4 is 23.2 Å². The molecule has 0 saturated heterocycles. The number of hydrogen-bond acceptors (Lipinski definition) is 2. The maximum atomic E-state index is 9.81. The van der Waals surface area contributed by atoms with Crippen LogP contribution in [0.5, 0.6) is 0 Å². The molecule has 2 nitrogen and oxygen atoms in total. The van der Waals surface area contributed by atoms with Gasteiger partial charge in [0.15, 0.2) is 0 Å². The summed E-state index contributed by atoms with van der Waals surface area (Å²) >= 11 is 0. The van der Waals surface area contributed by atoms with Crippen LogP contribution in [0.25, 0.3) is 10.8 Å². The molecule has 0 aliphatic rings. The van der Waals surface area contributed by atoms with Crippen molar-refractivity contribution in [1.29, 1.82) is 0 Å². The standard InChI is InChI=1S/C14H17NO.ClH/c1-2-13(16)14(15)12-9-5-7-10-6-3-4-8-11(10)12;/h3-9,13-14,16H,2,15H2,1H3;1H/t13-,14+;/m0./s1. The molecule has 17 heavy (non-hydrogen) atoms. The van der Waals surface area contributed by atoms with Crippen LogP contribution in [0.2, 0.25) is 0 Å². The molecule has 3 heteroatoms. The monoisotopic (exact) mass is 251 g/mol. The van der Waals surface area contributed by atoms with Gasteiger partial charge in [-0.25, -0.2) is 0 Å². The Balaban J connectivity index is 0.00000144. The van der Waals surface area contributed by atoms with E-state index in [1.807, 2.05) is 37.3 Å². The molecule has 0 bridgehead atoms. The zero-order valence-electron chi connectivity index (χ0n) is 9.84. The number of hydrogen-bond donors (Lipinski definition) is 2. The molecule has 92 valence electrons. The summed E-state index contributed by atoms with van der Waals surface area (Å²) in [5.74, 6) is 0. The molecule has 0 saturated carbocycles. The van der Waals surface area contributed by atoms with Gasteiger partial charge in [-0.2, -0.15) is 0 Å². The molecule has 0 aliphatic carbocycles. The van der Waals surface area contributed by atoms with E-state index >= 15 is 0 Å². The number of aliphatic hydroxyl groups is 1. The number of fused-ring (bicyclic) bond motifs is 1. The average molecular weight is 252 g/mol. The van der Waals surface area contributed by atoms with Crippen LogP contribution >= 0.6 is 12.4 Å². The number of benzene rings is 2. The number of aliphatic hydroxyl groups excluding tert-OH is 1. The summed E-state index contributed by atoms with van der Waals surface area (Å²) in [4.78, 5) is 0. The van der Waals surface area contributed by atoms with E-state index in [0.29, 0.717) is 6.42 Å². The topological polar surface area (TPSA) is 46.2 Å². The Morgan fingerprint density at radius 1 is 1.12 bits per heavy atom. The Morgan fingerprint density at radius 2 is 1.76 bits per heavy atom. The summed E-state index contributed by atoms with van der Waals surface area (Å²) in [5, 5.41) is 12.1. The van der Waals surface area contributed by atoms with E-state index in [4.69, 9.17) is 5.73 Å². The quantitative estimate of drug-likeness (QED) is 0.881. The van der Waals surface area contributed by atoms with E-state index in [9.17, 15) is 5.11 Å². The van der Waals surface area contributed by atoms with Crippen LogP contribution in [-0.4, -0.2) is 11.2 Å². The summed E-state index contributed by atoms with van der Waals surface area (Å²) in [6.45, 7) is 1.94. The maximum absolute atomic E-state index is 9.81. The molecule has 0 amide bonds. The van der Waals surface area contributed by atoms with Crippen molar-refractivity contribution in [3.8, 4) is 0 Å². The fraction of sp³-hybridized carbons (Fsp3) is 0.286. The third-order valence-corrected chi connectivity index (χ3v) is 3.02. The lowest BCUT2D eigenvalue weighted by atomic mass is 9.95. The largest absolute Gasteiger partial charge is 0.391 e. The molecular formula is C14H18ClNO. The van der Waals surface area contributed by atoms with Gasteiger partial charge in [-0.3, -0.25) is 0 Å². The highest BCUT2D eigenvalue weighted by Gasteiger charge is 2.16. The lowest BCUT2D eigenvalue weighted by Gasteiger charge is -2.19. The fourth-order valence-corrected chi connectivity index (χ4v) is 2.00. The molecule has 0 fully saturated rings. The van der Waals surface area contributed by atoms with E-state index in [1.54, 1.807) is 0 Å². The van der Waals surface area contributed by atoms with Gasteiger partial charge in [0.05, 0.1) is 12.1 Å². The Kier molecular flexibility index (Phi) is 4.94. The summed E-state index contributed by atoms with van der Waals surface area (Å²) in [7, 11) is 0. The first kappa shape index (κ1) is 14.0. The molecule has 2 aromatic rings. The Labute approximate surface area is 108 Å². The zero-order chi connectivity index (χ0) is 11.5. The van der Waals surface area contributed by atoms with E-state index in [2.05, 4.69) is 12.1 Å². The number of halogens is 1. The van der Waals surface area contributed by atoms with E-state index < -0.39 is 6.10 Å². The molecule has 3 N–H and O–H groups in total. The maximum Gasteiger partial charge on any atom is 0.0730 e. The van der Waals surface area contributed by atoms with Crippen LogP contribution in [0, 0.1) is 0 Å². The van der Waals surface area contributed by atoms with Gasteiger partial charge < -0.3 is 10.8 Å². The third kappa shape index (κ3) is 2.78.